The third kappa shape index (κ3) is 2.49. The molecule has 1 aliphatic rings. The summed E-state index contributed by atoms with van der Waals surface area (Å²) < 4.78 is 0. The predicted molar refractivity (Wildman–Crippen MR) is 82.9 cm³/mol. The van der Waals surface area contributed by atoms with Gasteiger partial charge in [-0.3, -0.25) is 0 Å². The van der Waals surface area contributed by atoms with Crippen LogP contribution in [0, 0.1) is 0 Å². The number of hydrogen-bond donors (Lipinski definition) is 0. The first-order valence-corrected chi connectivity index (χ1v) is 7.16. The van der Waals surface area contributed by atoms with Gasteiger partial charge in [-0.1, -0.05) is 46.1 Å². The van der Waals surface area contributed by atoms with Gasteiger partial charge in [0.1, 0.15) is 6.04 Å². The first-order valence-electron chi connectivity index (χ1n) is 6.03. The summed E-state index contributed by atoms with van der Waals surface area (Å²) in [5, 5.41) is 12.0. The molecule has 0 radical (unpaired) electrons. The molecule has 1 unspecified atom stereocenters. The number of hydrogen-bond acceptors (Lipinski definition) is 3. The van der Waals surface area contributed by atoms with Crippen molar-refractivity contribution >= 4 is 40.5 Å². The van der Waals surface area contributed by atoms with Crippen LogP contribution in [0.1, 0.15) is 11.6 Å². The summed E-state index contributed by atoms with van der Waals surface area (Å²) in [6.45, 7) is 0.520. The molecule has 1 atom stereocenters. The zero-order chi connectivity index (χ0) is 14.1. The van der Waals surface area contributed by atoms with Crippen LogP contribution in [0.2, 0.25) is 15.1 Å². The Morgan fingerprint density at radius 2 is 1.60 bits per heavy atom. The van der Waals surface area contributed by atoms with E-state index in [4.69, 9.17) is 34.8 Å². The summed E-state index contributed by atoms with van der Waals surface area (Å²) in [5.41, 5.74) is 1.74. The van der Waals surface area contributed by atoms with E-state index in [9.17, 15) is 0 Å². The van der Waals surface area contributed by atoms with Crippen LogP contribution in [0.4, 0.5) is 5.69 Å². The highest BCUT2D eigenvalue weighted by atomic mass is 35.5. The van der Waals surface area contributed by atoms with E-state index in [-0.39, 0.29) is 6.04 Å². The molecule has 0 fully saturated rings. The number of benzene rings is 2. The van der Waals surface area contributed by atoms with Gasteiger partial charge in [-0.25, -0.2) is 5.01 Å². The van der Waals surface area contributed by atoms with Gasteiger partial charge in [0.05, 0.1) is 12.2 Å². The molecular weight excluding hydrogens is 317 g/mol. The van der Waals surface area contributed by atoms with E-state index in [0.717, 1.165) is 11.3 Å². The fraction of sp³-hybridized carbons (Fsp3) is 0.143. The molecule has 2 aromatic rings. The molecule has 0 bridgehead atoms. The zero-order valence-electron chi connectivity index (χ0n) is 10.3. The fourth-order valence-electron chi connectivity index (χ4n) is 2.19. The molecule has 0 saturated heterocycles. The summed E-state index contributed by atoms with van der Waals surface area (Å²) in [6.07, 6.45) is 0. The van der Waals surface area contributed by atoms with E-state index in [1.807, 2.05) is 47.5 Å². The van der Waals surface area contributed by atoms with Crippen LogP contribution in [-0.4, -0.2) is 6.54 Å². The van der Waals surface area contributed by atoms with Crippen molar-refractivity contribution in [3.63, 3.8) is 0 Å². The first kappa shape index (κ1) is 13.7. The van der Waals surface area contributed by atoms with Crippen LogP contribution in [-0.2, 0) is 0 Å². The molecule has 2 aromatic carbocycles. The van der Waals surface area contributed by atoms with E-state index in [2.05, 4.69) is 10.3 Å². The highest BCUT2D eigenvalue weighted by Crippen LogP contribution is 2.39. The summed E-state index contributed by atoms with van der Waals surface area (Å²) in [7, 11) is 0. The predicted octanol–water partition coefficient (Wildman–Crippen LogP) is 5.58. The Kier molecular flexibility index (Phi) is 3.83. The van der Waals surface area contributed by atoms with Gasteiger partial charge in [0.15, 0.2) is 0 Å². The molecule has 0 amide bonds. The Hall–Kier alpha value is -1.29. The van der Waals surface area contributed by atoms with Crippen molar-refractivity contribution in [2.24, 2.45) is 10.3 Å². The lowest BCUT2D eigenvalue weighted by Gasteiger charge is -2.23. The van der Waals surface area contributed by atoms with Crippen molar-refractivity contribution < 1.29 is 0 Å². The van der Waals surface area contributed by atoms with Crippen molar-refractivity contribution in [1.82, 2.24) is 0 Å². The average Bonchev–Trinajstić information content (AvgIpc) is 2.88. The number of anilines is 1. The van der Waals surface area contributed by atoms with E-state index < -0.39 is 0 Å². The molecular formula is C14H10Cl3N3. The molecule has 3 rings (SSSR count). The van der Waals surface area contributed by atoms with E-state index in [1.165, 1.54) is 0 Å². The summed E-state index contributed by atoms with van der Waals surface area (Å²) in [4.78, 5) is 0. The minimum absolute atomic E-state index is 0.0997. The van der Waals surface area contributed by atoms with Gasteiger partial charge >= 0.3 is 0 Å². The second kappa shape index (κ2) is 5.60. The Labute approximate surface area is 131 Å². The lowest BCUT2D eigenvalue weighted by atomic mass is 10.1. The minimum atomic E-state index is -0.0997. The molecule has 1 aliphatic heterocycles. The second-order valence-corrected chi connectivity index (χ2v) is 5.64. The Morgan fingerprint density at radius 1 is 0.950 bits per heavy atom. The molecule has 0 saturated carbocycles. The Morgan fingerprint density at radius 3 is 2.25 bits per heavy atom. The number of halogens is 3. The SMILES string of the molecule is Clc1ccc(N2N=NCC2c2c(Cl)cccc2Cl)cc1. The molecule has 20 heavy (non-hydrogen) atoms. The van der Waals surface area contributed by atoms with Gasteiger partial charge in [-0.05, 0) is 36.4 Å². The largest absolute Gasteiger partial charge is 0.238 e. The van der Waals surface area contributed by atoms with Crippen LogP contribution in [0.5, 0.6) is 0 Å². The monoisotopic (exact) mass is 325 g/mol. The number of rotatable bonds is 2. The van der Waals surface area contributed by atoms with Crippen molar-refractivity contribution in [1.29, 1.82) is 0 Å². The third-order valence-corrected chi connectivity index (χ3v) is 4.04. The van der Waals surface area contributed by atoms with E-state index >= 15 is 0 Å². The maximum Gasteiger partial charge on any atom is 0.103 e. The van der Waals surface area contributed by atoms with Crippen LogP contribution >= 0.6 is 34.8 Å². The van der Waals surface area contributed by atoms with Gasteiger partial charge in [-0.15, -0.1) is 0 Å². The van der Waals surface area contributed by atoms with E-state index in [1.54, 1.807) is 0 Å². The lowest BCUT2D eigenvalue weighted by Crippen LogP contribution is -2.21. The van der Waals surface area contributed by atoms with Crippen LogP contribution in [0.3, 0.4) is 0 Å². The van der Waals surface area contributed by atoms with Gasteiger partial charge in [0.25, 0.3) is 0 Å². The van der Waals surface area contributed by atoms with Gasteiger partial charge in [0, 0.05) is 20.6 Å². The molecule has 6 heteroatoms. The summed E-state index contributed by atoms with van der Waals surface area (Å²) >= 11 is 18.5. The highest BCUT2D eigenvalue weighted by molar-refractivity contribution is 6.36. The van der Waals surface area contributed by atoms with Crippen LogP contribution in [0.25, 0.3) is 0 Å². The van der Waals surface area contributed by atoms with Crippen LogP contribution < -0.4 is 5.01 Å². The maximum atomic E-state index is 6.27. The zero-order valence-corrected chi connectivity index (χ0v) is 12.6. The summed E-state index contributed by atoms with van der Waals surface area (Å²) in [6, 6.07) is 12.8. The van der Waals surface area contributed by atoms with Crippen molar-refractivity contribution in [3.05, 3.63) is 63.1 Å². The van der Waals surface area contributed by atoms with Crippen molar-refractivity contribution in [3.8, 4) is 0 Å². The smallest absolute Gasteiger partial charge is 0.103 e. The molecule has 0 spiro atoms. The minimum Gasteiger partial charge on any atom is -0.238 e. The third-order valence-electron chi connectivity index (χ3n) is 3.13. The Bertz CT molecular complexity index is 635. The van der Waals surface area contributed by atoms with Gasteiger partial charge in [-0.2, -0.15) is 5.11 Å². The molecule has 102 valence electrons. The molecule has 1 heterocycles. The first-order chi connectivity index (χ1) is 9.66. The normalized spacial score (nSPS) is 17.8. The quantitative estimate of drug-likeness (QED) is 0.708. The maximum absolute atomic E-state index is 6.27. The second-order valence-electron chi connectivity index (χ2n) is 4.39. The number of nitrogens with zero attached hydrogens (tertiary/aromatic N) is 3. The average molecular weight is 327 g/mol. The molecule has 3 nitrogen and oxygen atoms in total. The Balaban J connectivity index is 2.00. The highest BCUT2D eigenvalue weighted by Gasteiger charge is 2.29. The van der Waals surface area contributed by atoms with E-state index in [0.29, 0.717) is 21.6 Å². The molecule has 0 aliphatic carbocycles. The topological polar surface area (TPSA) is 28.0 Å². The molecule has 0 N–H and O–H groups in total. The fourth-order valence-corrected chi connectivity index (χ4v) is 2.97. The summed E-state index contributed by atoms with van der Waals surface area (Å²) in [5.74, 6) is 0. The lowest BCUT2D eigenvalue weighted by molar-refractivity contribution is 0.732. The van der Waals surface area contributed by atoms with Crippen LogP contribution in [0.15, 0.2) is 52.8 Å². The standard InChI is InChI=1S/C14H10Cl3N3/c15-9-4-6-10(7-5-9)20-13(8-18-19-20)14-11(16)2-1-3-12(14)17/h1-7,13H,8H2. The van der Waals surface area contributed by atoms with Crippen molar-refractivity contribution in [2.75, 3.05) is 11.6 Å². The van der Waals surface area contributed by atoms with Gasteiger partial charge < -0.3 is 0 Å². The molecule has 0 aromatic heterocycles. The van der Waals surface area contributed by atoms with Crippen molar-refractivity contribution in [2.45, 2.75) is 6.04 Å². The van der Waals surface area contributed by atoms with Gasteiger partial charge in [0.2, 0.25) is 0 Å².